The van der Waals surface area contributed by atoms with Gasteiger partial charge in [-0.2, -0.15) is 0 Å². The summed E-state index contributed by atoms with van der Waals surface area (Å²) < 4.78 is 4.72. The van der Waals surface area contributed by atoms with Gasteiger partial charge >= 0.3 is 0 Å². The Kier molecular flexibility index (Phi) is 2.02. The molecule has 1 aliphatic heterocycles. The van der Waals surface area contributed by atoms with Gasteiger partial charge in [0.1, 0.15) is 0 Å². The number of nitrogens with zero attached hydrogens (tertiary/aromatic N) is 2. The van der Waals surface area contributed by atoms with E-state index in [0.29, 0.717) is 19.5 Å². The van der Waals surface area contributed by atoms with Crippen molar-refractivity contribution in [3.05, 3.63) is 18.0 Å². The summed E-state index contributed by atoms with van der Waals surface area (Å²) in [6, 6.07) is 1.52. The Morgan fingerprint density at radius 1 is 1.77 bits per heavy atom. The highest BCUT2D eigenvalue weighted by Gasteiger charge is 2.26. The smallest absolute Gasteiger partial charge is 0.292 e. The maximum absolute atomic E-state index is 11.5. The van der Waals surface area contributed by atoms with Gasteiger partial charge in [-0.1, -0.05) is 5.16 Å². The number of hydrogen-bond acceptors (Lipinski definition) is 4. The third-order valence-corrected chi connectivity index (χ3v) is 2.10. The first-order valence-electron chi connectivity index (χ1n) is 4.15. The molecule has 1 aromatic rings. The van der Waals surface area contributed by atoms with Gasteiger partial charge in [0.05, 0.1) is 12.3 Å². The largest absolute Gasteiger partial charge is 0.391 e. The Balaban J connectivity index is 2.06. The topological polar surface area (TPSA) is 66.6 Å². The molecule has 70 valence electrons. The van der Waals surface area contributed by atoms with Crippen LogP contribution in [-0.4, -0.2) is 40.3 Å². The van der Waals surface area contributed by atoms with E-state index in [0.717, 1.165) is 0 Å². The van der Waals surface area contributed by atoms with Gasteiger partial charge in [-0.05, 0) is 6.42 Å². The second-order valence-corrected chi connectivity index (χ2v) is 3.07. The van der Waals surface area contributed by atoms with E-state index in [4.69, 9.17) is 4.52 Å². The summed E-state index contributed by atoms with van der Waals surface area (Å²) in [7, 11) is 0. The molecular weight excluding hydrogens is 172 g/mol. The van der Waals surface area contributed by atoms with Crippen molar-refractivity contribution in [2.24, 2.45) is 0 Å². The zero-order valence-electron chi connectivity index (χ0n) is 7.01. The molecule has 1 amide bonds. The van der Waals surface area contributed by atoms with Crippen molar-refractivity contribution in [2.75, 3.05) is 13.1 Å². The van der Waals surface area contributed by atoms with Crippen LogP contribution in [0.3, 0.4) is 0 Å². The number of amides is 1. The van der Waals surface area contributed by atoms with Gasteiger partial charge in [-0.25, -0.2) is 0 Å². The first-order valence-corrected chi connectivity index (χ1v) is 4.15. The maximum Gasteiger partial charge on any atom is 0.292 e. The van der Waals surface area contributed by atoms with E-state index < -0.39 is 6.10 Å². The summed E-state index contributed by atoms with van der Waals surface area (Å²) in [6.07, 6.45) is 1.67. The van der Waals surface area contributed by atoms with Gasteiger partial charge in [0, 0.05) is 19.2 Å². The Labute approximate surface area is 74.9 Å². The summed E-state index contributed by atoms with van der Waals surface area (Å²) in [5, 5.41) is 12.7. The Morgan fingerprint density at radius 2 is 2.62 bits per heavy atom. The van der Waals surface area contributed by atoms with Gasteiger partial charge < -0.3 is 14.5 Å². The fourth-order valence-electron chi connectivity index (χ4n) is 1.41. The lowest BCUT2D eigenvalue weighted by molar-refractivity contribution is 0.0724. The Morgan fingerprint density at radius 3 is 3.15 bits per heavy atom. The van der Waals surface area contributed by atoms with E-state index in [1.54, 1.807) is 4.90 Å². The first-order chi connectivity index (χ1) is 6.27. The standard InChI is InChI=1S/C8H10N2O3/c11-6-2-4-10(5-6)8(12)7-1-3-9-13-7/h1,3,6,11H,2,4-5H2. The molecule has 1 saturated heterocycles. The average Bonchev–Trinajstić information content (AvgIpc) is 2.72. The molecule has 0 spiro atoms. The van der Waals surface area contributed by atoms with Crippen LogP contribution in [0.5, 0.6) is 0 Å². The van der Waals surface area contributed by atoms with Crippen molar-refractivity contribution >= 4 is 5.91 Å². The summed E-state index contributed by atoms with van der Waals surface area (Å²) in [6.45, 7) is 0.972. The van der Waals surface area contributed by atoms with Crippen molar-refractivity contribution in [3.8, 4) is 0 Å². The van der Waals surface area contributed by atoms with Crippen LogP contribution >= 0.6 is 0 Å². The van der Waals surface area contributed by atoms with Crippen LogP contribution in [0, 0.1) is 0 Å². The van der Waals surface area contributed by atoms with Gasteiger partial charge in [-0.3, -0.25) is 4.79 Å². The molecule has 1 fully saturated rings. The fourth-order valence-corrected chi connectivity index (χ4v) is 1.41. The summed E-state index contributed by atoms with van der Waals surface area (Å²) in [4.78, 5) is 13.1. The van der Waals surface area contributed by atoms with Crippen molar-refractivity contribution in [1.82, 2.24) is 10.1 Å². The van der Waals surface area contributed by atoms with E-state index in [-0.39, 0.29) is 11.7 Å². The molecule has 5 heteroatoms. The van der Waals surface area contributed by atoms with Crippen LogP contribution in [0.1, 0.15) is 17.0 Å². The molecule has 1 N–H and O–H groups in total. The molecule has 1 aliphatic rings. The SMILES string of the molecule is O=C(c1ccno1)N1CCC(O)C1. The number of aliphatic hydroxyl groups is 1. The van der Waals surface area contributed by atoms with Crippen LogP contribution in [0.2, 0.25) is 0 Å². The lowest BCUT2D eigenvalue weighted by Gasteiger charge is -2.12. The van der Waals surface area contributed by atoms with Gasteiger partial charge in [-0.15, -0.1) is 0 Å². The van der Waals surface area contributed by atoms with Crippen LogP contribution in [0.15, 0.2) is 16.8 Å². The Bertz CT molecular complexity index is 296. The second kappa shape index (κ2) is 3.18. The average molecular weight is 182 g/mol. The second-order valence-electron chi connectivity index (χ2n) is 3.07. The number of carbonyl (C=O) groups is 1. The number of hydrogen-bond donors (Lipinski definition) is 1. The number of carbonyl (C=O) groups excluding carboxylic acids is 1. The summed E-state index contributed by atoms with van der Waals surface area (Å²) >= 11 is 0. The highest BCUT2D eigenvalue weighted by molar-refractivity contribution is 5.91. The van der Waals surface area contributed by atoms with E-state index in [1.165, 1.54) is 12.3 Å². The molecule has 0 bridgehead atoms. The van der Waals surface area contributed by atoms with Gasteiger partial charge in [0.2, 0.25) is 5.76 Å². The number of aliphatic hydroxyl groups excluding tert-OH is 1. The lowest BCUT2D eigenvalue weighted by atomic mass is 10.3. The van der Waals surface area contributed by atoms with E-state index in [2.05, 4.69) is 5.16 Å². The van der Waals surface area contributed by atoms with E-state index >= 15 is 0 Å². The van der Waals surface area contributed by atoms with Crippen molar-refractivity contribution < 1.29 is 14.4 Å². The third-order valence-electron chi connectivity index (χ3n) is 2.10. The predicted octanol–water partition coefficient (Wildman–Crippen LogP) is -0.119. The van der Waals surface area contributed by atoms with Crippen LogP contribution in [0.25, 0.3) is 0 Å². The first kappa shape index (κ1) is 8.25. The minimum atomic E-state index is -0.396. The fraction of sp³-hybridized carbons (Fsp3) is 0.500. The highest BCUT2D eigenvalue weighted by Crippen LogP contribution is 2.12. The minimum absolute atomic E-state index is 0.200. The van der Waals surface area contributed by atoms with E-state index in [1.807, 2.05) is 0 Å². The normalized spacial score (nSPS) is 22.2. The number of β-amino-alcohol motifs (C(OH)–C–C–N with tert-alkyl or cyclic N) is 1. The molecule has 1 aromatic heterocycles. The molecule has 5 nitrogen and oxygen atoms in total. The molecule has 0 aliphatic carbocycles. The van der Waals surface area contributed by atoms with Crippen LogP contribution in [-0.2, 0) is 0 Å². The summed E-state index contributed by atoms with van der Waals surface area (Å²) in [5.74, 6) is 0.0307. The zero-order chi connectivity index (χ0) is 9.26. The number of aromatic nitrogens is 1. The lowest BCUT2D eigenvalue weighted by Crippen LogP contribution is -2.29. The monoisotopic (exact) mass is 182 g/mol. The predicted molar refractivity (Wildman–Crippen MR) is 43.0 cm³/mol. The third kappa shape index (κ3) is 1.55. The molecule has 1 unspecified atom stereocenters. The van der Waals surface area contributed by atoms with Gasteiger partial charge in [0.15, 0.2) is 0 Å². The molecule has 1 atom stereocenters. The maximum atomic E-state index is 11.5. The molecule has 0 radical (unpaired) electrons. The van der Waals surface area contributed by atoms with Gasteiger partial charge in [0.25, 0.3) is 5.91 Å². The van der Waals surface area contributed by atoms with Crippen LogP contribution < -0.4 is 0 Å². The van der Waals surface area contributed by atoms with Crippen molar-refractivity contribution in [2.45, 2.75) is 12.5 Å². The number of rotatable bonds is 1. The molecular formula is C8H10N2O3. The van der Waals surface area contributed by atoms with Crippen LogP contribution in [0.4, 0.5) is 0 Å². The van der Waals surface area contributed by atoms with Crippen molar-refractivity contribution in [1.29, 1.82) is 0 Å². The zero-order valence-corrected chi connectivity index (χ0v) is 7.01. The molecule has 0 aromatic carbocycles. The Hall–Kier alpha value is -1.36. The molecule has 0 saturated carbocycles. The minimum Gasteiger partial charge on any atom is -0.391 e. The molecule has 2 rings (SSSR count). The highest BCUT2D eigenvalue weighted by atomic mass is 16.5. The quantitative estimate of drug-likeness (QED) is 0.657. The molecule has 2 heterocycles. The number of likely N-dealkylation sites (tertiary alicyclic amines) is 1. The summed E-state index contributed by atoms with van der Waals surface area (Å²) in [5.41, 5.74) is 0. The molecule has 13 heavy (non-hydrogen) atoms. The van der Waals surface area contributed by atoms with E-state index in [9.17, 15) is 9.90 Å². The van der Waals surface area contributed by atoms with Crippen molar-refractivity contribution in [3.63, 3.8) is 0 Å².